The molecule has 1 unspecified atom stereocenters. The summed E-state index contributed by atoms with van der Waals surface area (Å²) in [5.41, 5.74) is 3.05. The number of anilines is 1. The molecule has 162 valence electrons. The van der Waals surface area contributed by atoms with Gasteiger partial charge in [-0.05, 0) is 30.0 Å². The molecule has 4 rings (SSSR count). The van der Waals surface area contributed by atoms with E-state index in [9.17, 15) is 4.79 Å². The molecule has 0 fully saturated rings. The molecule has 0 aliphatic heterocycles. The van der Waals surface area contributed by atoms with Crippen LogP contribution in [0.4, 0.5) is 5.95 Å². The number of fused-ring (bicyclic) bond motifs is 1. The van der Waals surface area contributed by atoms with Gasteiger partial charge in [0, 0.05) is 26.0 Å². The molecule has 0 saturated carbocycles. The second-order valence-corrected chi connectivity index (χ2v) is 8.37. The van der Waals surface area contributed by atoms with E-state index in [0.717, 1.165) is 30.6 Å². The maximum Gasteiger partial charge on any atom is 0.278 e. The Morgan fingerprint density at radius 2 is 1.81 bits per heavy atom. The number of rotatable bonds is 8. The van der Waals surface area contributed by atoms with E-state index >= 15 is 0 Å². The monoisotopic (exact) mass is 418 g/mol. The summed E-state index contributed by atoms with van der Waals surface area (Å²) in [6.07, 6.45) is 5.70. The molecular formula is C24H30N6O. The molecule has 0 radical (unpaired) electrons. The number of nitrogens with one attached hydrogen (secondary N) is 1. The van der Waals surface area contributed by atoms with Crippen molar-refractivity contribution in [2.75, 3.05) is 11.4 Å². The van der Waals surface area contributed by atoms with Crippen LogP contribution in [0.5, 0.6) is 0 Å². The quantitative estimate of drug-likeness (QED) is 0.467. The van der Waals surface area contributed by atoms with Crippen molar-refractivity contribution >= 4 is 17.0 Å². The third-order valence-electron chi connectivity index (χ3n) is 5.37. The highest BCUT2D eigenvalue weighted by Crippen LogP contribution is 2.28. The van der Waals surface area contributed by atoms with Gasteiger partial charge < -0.3 is 9.47 Å². The van der Waals surface area contributed by atoms with E-state index in [0.29, 0.717) is 22.9 Å². The molecule has 3 aromatic heterocycles. The van der Waals surface area contributed by atoms with E-state index in [1.807, 2.05) is 42.7 Å². The van der Waals surface area contributed by atoms with Crippen molar-refractivity contribution in [3.8, 4) is 0 Å². The number of aromatic amines is 1. The van der Waals surface area contributed by atoms with Gasteiger partial charge >= 0.3 is 0 Å². The Bertz CT molecular complexity index is 1190. The number of aromatic nitrogens is 5. The fourth-order valence-electron chi connectivity index (χ4n) is 4.12. The van der Waals surface area contributed by atoms with E-state index in [4.69, 9.17) is 4.98 Å². The highest BCUT2D eigenvalue weighted by Gasteiger charge is 2.26. The Morgan fingerprint density at radius 1 is 1.10 bits per heavy atom. The normalized spacial score (nSPS) is 12.5. The van der Waals surface area contributed by atoms with Crippen LogP contribution in [0, 0.1) is 5.92 Å². The molecule has 1 atom stereocenters. The van der Waals surface area contributed by atoms with Gasteiger partial charge in [0.05, 0.1) is 5.69 Å². The number of benzene rings is 1. The number of nitrogens with zero attached hydrogens (tertiary/aromatic N) is 5. The predicted molar refractivity (Wildman–Crippen MR) is 124 cm³/mol. The van der Waals surface area contributed by atoms with Gasteiger partial charge in [0.15, 0.2) is 5.52 Å². The summed E-state index contributed by atoms with van der Waals surface area (Å²) in [7, 11) is 1.80. The molecule has 7 heteroatoms. The second-order valence-electron chi connectivity index (χ2n) is 8.37. The minimum atomic E-state index is -0.162. The fraction of sp³-hybridized carbons (Fsp3) is 0.375. The van der Waals surface area contributed by atoms with Gasteiger partial charge in [-0.15, -0.1) is 0 Å². The van der Waals surface area contributed by atoms with Crippen molar-refractivity contribution in [2.24, 2.45) is 13.0 Å². The van der Waals surface area contributed by atoms with Crippen LogP contribution in [0.15, 0.2) is 59.7 Å². The van der Waals surface area contributed by atoms with Crippen LogP contribution in [-0.4, -0.2) is 30.9 Å². The van der Waals surface area contributed by atoms with E-state index in [2.05, 4.69) is 52.5 Å². The Hall–Kier alpha value is -3.35. The summed E-state index contributed by atoms with van der Waals surface area (Å²) in [5.74, 6) is 0.936. The second kappa shape index (κ2) is 8.79. The van der Waals surface area contributed by atoms with E-state index in [-0.39, 0.29) is 11.7 Å². The standard InChI is InChI=1S/C24H30N6O/c1-5-11-19-20-21(28(4)27-19)22(31)26-24(25-20)30(16-17(2)3)23(29-14-9-10-15-29)18-12-7-6-8-13-18/h6-10,12-15,17,23H,5,11,16H2,1-4H3,(H,25,26,31). The molecule has 0 bridgehead atoms. The minimum Gasteiger partial charge on any atom is -0.330 e. The molecule has 0 aliphatic rings. The molecule has 1 aromatic carbocycles. The fourth-order valence-corrected chi connectivity index (χ4v) is 4.12. The molecule has 0 aliphatic carbocycles. The topological polar surface area (TPSA) is 71.7 Å². The number of H-pyrrole nitrogens is 1. The average molecular weight is 419 g/mol. The molecule has 4 aromatic rings. The maximum atomic E-state index is 13.1. The Kier molecular flexibility index (Phi) is 5.93. The number of aryl methyl sites for hydroxylation is 2. The van der Waals surface area contributed by atoms with Gasteiger partial charge in [-0.3, -0.25) is 14.5 Å². The minimum absolute atomic E-state index is 0.134. The van der Waals surface area contributed by atoms with Gasteiger partial charge in [0.1, 0.15) is 11.7 Å². The van der Waals surface area contributed by atoms with Gasteiger partial charge in [-0.25, -0.2) is 4.98 Å². The van der Waals surface area contributed by atoms with Gasteiger partial charge in [-0.1, -0.05) is 57.5 Å². The molecule has 0 saturated heterocycles. The van der Waals surface area contributed by atoms with E-state index < -0.39 is 0 Å². The first-order valence-electron chi connectivity index (χ1n) is 10.9. The maximum absolute atomic E-state index is 13.1. The molecule has 3 heterocycles. The SMILES string of the molecule is CCCc1nn(C)c2c(=O)[nH]c(N(CC(C)C)C(c3ccccc3)n3cccc3)nc12. The third-order valence-corrected chi connectivity index (χ3v) is 5.37. The predicted octanol–water partition coefficient (Wildman–Crippen LogP) is 4.12. The summed E-state index contributed by atoms with van der Waals surface area (Å²) in [6, 6.07) is 14.4. The van der Waals surface area contributed by atoms with Crippen molar-refractivity contribution in [2.45, 2.75) is 39.8 Å². The van der Waals surface area contributed by atoms with Crippen molar-refractivity contribution in [1.29, 1.82) is 0 Å². The van der Waals surface area contributed by atoms with Gasteiger partial charge in [0.2, 0.25) is 5.95 Å². The molecule has 31 heavy (non-hydrogen) atoms. The summed E-state index contributed by atoms with van der Waals surface area (Å²) in [6.45, 7) is 7.19. The van der Waals surface area contributed by atoms with Crippen molar-refractivity contribution in [1.82, 2.24) is 24.3 Å². The molecule has 7 nitrogen and oxygen atoms in total. The van der Waals surface area contributed by atoms with Crippen molar-refractivity contribution in [3.05, 3.63) is 76.5 Å². The molecule has 1 N–H and O–H groups in total. The molecule has 0 spiro atoms. The third kappa shape index (κ3) is 4.13. The number of hydrogen-bond donors (Lipinski definition) is 1. The van der Waals surface area contributed by atoms with Crippen LogP contribution in [0.25, 0.3) is 11.0 Å². The molecular weight excluding hydrogens is 388 g/mol. The Morgan fingerprint density at radius 3 is 2.45 bits per heavy atom. The van der Waals surface area contributed by atoms with Gasteiger partial charge in [-0.2, -0.15) is 5.10 Å². The Balaban J connectivity index is 1.92. The lowest BCUT2D eigenvalue weighted by molar-refractivity contribution is 0.487. The zero-order valence-corrected chi connectivity index (χ0v) is 18.6. The highest BCUT2D eigenvalue weighted by molar-refractivity contribution is 5.78. The van der Waals surface area contributed by atoms with Crippen LogP contribution in [0.3, 0.4) is 0 Å². The lowest BCUT2D eigenvalue weighted by atomic mass is 10.1. The first kappa shape index (κ1) is 20.9. The van der Waals surface area contributed by atoms with Crippen LogP contribution < -0.4 is 10.5 Å². The van der Waals surface area contributed by atoms with E-state index in [1.165, 1.54) is 0 Å². The zero-order chi connectivity index (χ0) is 22.0. The summed E-state index contributed by atoms with van der Waals surface area (Å²) in [5, 5.41) is 4.57. The zero-order valence-electron chi connectivity index (χ0n) is 18.6. The van der Waals surface area contributed by atoms with Crippen LogP contribution in [0.1, 0.15) is 44.6 Å². The summed E-state index contributed by atoms with van der Waals surface area (Å²) in [4.78, 5) is 23.3. The van der Waals surface area contributed by atoms with Crippen molar-refractivity contribution < 1.29 is 0 Å². The first-order chi connectivity index (χ1) is 15.0. The summed E-state index contributed by atoms with van der Waals surface area (Å²) >= 11 is 0. The van der Waals surface area contributed by atoms with E-state index in [1.54, 1.807) is 11.7 Å². The average Bonchev–Trinajstić information content (AvgIpc) is 3.37. The first-order valence-corrected chi connectivity index (χ1v) is 10.9. The van der Waals surface area contributed by atoms with Gasteiger partial charge in [0.25, 0.3) is 5.56 Å². The van der Waals surface area contributed by atoms with Crippen LogP contribution in [-0.2, 0) is 13.5 Å². The molecule has 0 amide bonds. The summed E-state index contributed by atoms with van der Waals surface area (Å²) < 4.78 is 3.79. The van der Waals surface area contributed by atoms with Crippen molar-refractivity contribution in [3.63, 3.8) is 0 Å². The lowest BCUT2D eigenvalue weighted by Crippen LogP contribution is -2.38. The van der Waals surface area contributed by atoms with Crippen LogP contribution >= 0.6 is 0 Å². The van der Waals surface area contributed by atoms with Crippen LogP contribution in [0.2, 0.25) is 0 Å². The smallest absolute Gasteiger partial charge is 0.278 e. The Labute approximate surface area is 182 Å². The lowest BCUT2D eigenvalue weighted by Gasteiger charge is -2.35. The highest BCUT2D eigenvalue weighted by atomic mass is 16.1. The number of hydrogen-bond acceptors (Lipinski definition) is 4. The largest absolute Gasteiger partial charge is 0.330 e.